The van der Waals surface area contributed by atoms with Crippen molar-refractivity contribution in [2.75, 3.05) is 7.11 Å². The zero-order valence-electron chi connectivity index (χ0n) is 21.3. The molecule has 3 aromatic rings. The first-order valence-corrected chi connectivity index (χ1v) is 15.1. The van der Waals surface area contributed by atoms with E-state index in [0.717, 1.165) is 47.0 Å². The van der Waals surface area contributed by atoms with Gasteiger partial charge in [-0.3, -0.25) is 9.69 Å². The maximum atomic E-state index is 13.8. The molecular weight excluding hydrogens is 647 g/mol. The van der Waals surface area contributed by atoms with Crippen molar-refractivity contribution in [1.82, 2.24) is 4.90 Å². The molecule has 1 aliphatic carbocycles. The molecule has 0 radical (unpaired) electrons. The maximum absolute atomic E-state index is 13.8. The molecular formula is C30H27Br2FN2O3S. The van der Waals surface area contributed by atoms with Crippen LogP contribution in [0, 0.1) is 5.82 Å². The van der Waals surface area contributed by atoms with Crippen LogP contribution in [-0.2, 0) is 11.4 Å². The van der Waals surface area contributed by atoms with E-state index >= 15 is 0 Å². The molecule has 202 valence electrons. The van der Waals surface area contributed by atoms with Crippen LogP contribution in [0.15, 0.2) is 79.5 Å². The Morgan fingerprint density at radius 1 is 1.05 bits per heavy atom. The van der Waals surface area contributed by atoms with Crippen molar-refractivity contribution in [3.05, 3.63) is 91.5 Å². The Morgan fingerprint density at radius 3 is 2.46 bits per heavy atom. The van der Waals surface area contributed by atoms with Gasteiger partial charge in [0.25, 0.3) is 5.91 Å². The summed E-state index contributed by atoms with van der Waals surface area (Å²) in [6.07, 6.45) is 7.28. The number of amides is 1. The van der Waals surface area contributed by atoms with Crippen LogP contribution in [0.25, 0.3) is 6.08 Å². The van der Waals surface area contributed by atoms with Crippen molar-refractivity contribution >= 4 is 66.5 Å². The van der Waals surface area contributed by atoms with E-state index < -0.39 is 0 Å². The van der Waals surface area contributed by atoms with Crippen molar-refractivity contribution in [3.8, 4) is 11.5 Å². The third kappa shape index (κ3) is 6.42. The summed E-state index contributed by atoms with van der Waals surface area (Å²) in [7, 11) is 1.57. The van der Waals surface area contributed by atoms with E-state index in [4.69, 9.17) is 14.5 Å². The monoisotopic (exact) mass is 672 g/mol. The highest BCUT2D eigenvalue weighted by atomic mass is 79.9. The minimum Gasteiger partial charge on any atom is -0.493 e. The van der Waals surface area contributed by atoms with Crippen LogP contribution in [-0.4, -0.2) is 29.1 Å². The van der Waals surface area contributed by atoms with Crippen LogP contribution in [0.4, 0.5) is 10.1 Å². The molecule has 0 N–H and O–H groups in total. The number of carbonyl (C=O) groups is 1. The number of thioether (sulfide) groups is 1. The van der Waals surface area contributed by atoms with Crippen molar-refractivity contribution in [2.24, 2.45) is 4.99 Å². The zero-order chi connectivity index (χ0) is 27.4. The molecule has 0 aromatic heterocycles. The lowest BCUT2D eigenvalue weighted by Gasteiger charge is -2.30. The largest absolute Gasteiger partial charge is 0.493 e. The third-order valence-corrected chi connectivity index (χ3v) is 9.84. The number of hydrogen-bond donors (Lipinski definition) is 0. The molecule has 1 amide bonds. The second-order valence-corrected chi connectivity index (χ2v) is 11.9. The van der Waals surface area contributed by atoms with Gasteiger partial charge in [-0.05, 0) is 104 Å². The normalized spacial score (nSPS) is 18.3. The van der Waals surface area contributed by atoms with Gasteiger partial charge in [-0.15, -0.1) is 0 Å². The first kappa shape index (κ1) is 27.9. The van der Waals surface area contributed by atoms with E-state index in [1.165, 1.54) is 30.3 Å². The Morgan fingerprint density at radius 2 is 1.77 bits per heavy atom. The van der Waals surface area contributed by atoms with Gasteiger partial charge in [0.1, 0.15) is 12.4 Å². The number of halogens is 3. The van der Waals surface area contributed by atoms with Gasteiger partial charge >= 0.3 is 0 Å². The number of amidine groups is 1. The summed E-state index contributed by atoms with van der Waals surface area (Å²) in [5.41, 5.74) is 2.42. The Hall–Kier alpha value is -2.62. The van der Waals surface area contributed by atoms with E-state index in [1.54, 1.807) is 19.2 Å². The quantitative estimate of drug-likeness (QED) is 0.235. The SMILES string of the molecule is COc1cc(C=C2SC(=Nc3ccccc3)N(C3CCCCC3)C2=O)c(Br)c(Br)c1OCc1ccc(F)cc1. The Balaban J connectivity index is 1.46. The summed E-state index contributed by atoms with van der Waals surface area (Å²) < 4.78 is 26.4. The van der Waals surface area contributed by atoms with Gasteiger partial charge in [0.2, 0.25) is 0 Å². The predicted molar refractivity (Wildman–Crippen MR) is 162 cm³/mol. The van der Waals surface area contributed by atoms with Gasteiger partial charge < -0.3 is 9.47 Å². The van der Waals surface area contributed by atoms with Crippen LogP contribution in [0.5, 0.6) is 11.5 Å². The van der Waals surface area contributed by atoms with E-state index in [2.05, 4.69) is 31.9 Å². The molecule has 0 atom stereocenters. The minimum absolute atomic E-state index is 0.0276. The topological polar surface area (TPSA) is 51.1 Å². The molecule has 0 unspecified atom stereocenters. The molecule has 5 rings (SSSR count). The fourth-order valence-electron chi connectivity index (χ4n) is 4.71. The summed E-state index contributed by atoms with van der Waals surface area (Å²) in [6, 6.07) is 17.9. The van der Waals surface area contributed by atoms with Gasteiger partial charge in [0, 0.05) is 10.5 Å². The van der Waals surface area contributed by atoms with E-state index in [-0.39, 0.29) is 24.4 Å². The fourth-order valence-corrected chi connectivity index (χ4v) is 6.71. The number of rotatable bonds is 7. The number of benzene rings is 3. The molecule has 3 aromatic carbocycles. The average Bonchev–Trinajstić information content (AvgIpc) is 3.26. The summed E-state index contributed by atoms with van der Waals surface area (Å²) in [5, 5.41) is 0.714. The van der Waals surface area contributed by atoms with Crippen LogP contribution in [0.3, 0.4) is 0 Å². The van der Waals surface area contributed by atoms with E-state index in [9.17, 15) is 9.18 Å². The minimum atomic E-state index is -0.295. The average molecular weight is 674 g/mol. The standard InChI is InChI=1S/C30H27Br2FN2O3S/c1-37-24-16-20(26(31)27(32)28(24)38-18-19-12-14-21(33)15-13-19)17-25-29(36)35(23-10-6-3-7-11-23)30(39-25)34-22-8-4-2-5-9-22/h2,4-5,8-9,12-17,23H,3,6-7,10-11,18H2,1H3. The number of aliphatic imine (C=N–C) groups is 1. The van der Waals surface area contributed by atoms with Gasteiger partial charge in [0.05, 0.1) is 22.2 Å². The van der Waals surface area contributed by atoms with Crippen LogP contribution in [0.2, 0.25) is 0 Å². The predicted octanol–water partition coefficient (Wildman–Crippen LogP) is 8.88. The molecule has 0 spiro atoms. The third-order valence-electron chi connectivity index (χ3n) is 6.72. The van der Waals surface area contributed by atoms with Gasteiger partial charge in [-0.1, -0.05) is 49.6 Å². The van der Waals surface area contributed by atoms with E-state index in [0.29, 0.717) is 26.0 Å². The Bertz CT molecular complexity index is 1410. The van der Waals surface area contributed by atoms with Crippen molar-refractivity contribution in [2.45, 2.75) is 44.8 Å². The lowest BCUT2D eigenvalue weighted by Crippen LogP contribution is -2.40. The zero-order valence-corrected chi connectivity index (χ0v) is 25.3. The molecule has 2 fully saturated rings. The molecule has 9 heteroatoms. The molecule has 5 nitrogen and oxygen atoms in total. The molecule has 39 heavy (non-hydrogen) atoms. The van der Waals surface area contributed by atoms with Gasteiger partial charge in [-0.2, -0.15) is 0 Å². The lowest BCUT2D eigenvalue weighted by molar-refractivity contribution is -0.124. The summed E-state index contributed by atoms with van der Waals surface area (Å²) in [4.78, 5) is 21.1. The van der Waals surface area contributed by atoms with Crippen LogP contribution < -0.4 is 9.47 Å². The lowest BCUT2D eigenvalue weighted by atomic mass is 9.94. The summed E-state index contributed by atoms with van der Waals surface area (Å²) in [6.45, 7) is 0.242. The smallest absolute Gasteiger partial charge is 0.267 e. The number of para-hydroxylation sites is 1. The molecule has 1 heterocycles. The first-order chi connectivity index (χ1) is 18.9. The number of carbonyl (C=O) groups excluding carboxylic acids is 1. The first-order valence-electron chi connectivity index (χ1n) is 12.7. The molecule has 0 bridgehead atoms. The molecule has 1 saturated heterocycles. The Labute approximate surface area is 248 Å². The molecule has 1 aliphatic heterocycles. The van der Waals surface area contributed by atoms with Crippen molar-refractivity contribution in [3.63, 3.8) is 0 Å². The molecule has 2 aliphatic rings. The second kappa shape index (κ2) is 12.7. The number of hydrogen-bond acceptors (Lipinski definition) is 5. The highest BCUT2D eigenvalue weighted by Crippen LogP contribution is 2.45. The number of nitrogens with zero attached hydrogens (tertiary/aromatic N) is 2. The van der Waals surface area contributed by atoms with E-state index in [1.807, 2.05) is 47.4 Å². The number of methoxy groups -OCH3 is 1. The fraction of sp³-hybridized carbons (Fsp3) is 0.267. The number of ether oxygens (including phenoxy) is 2. The second-order valence-electron chi connectivity index (χ2n) is 9.35. The van der Waals surface area contributed by atoms with Crippen molar-refractivity contribution < 1.29 is 18.7 Å². The molecule has 1 saturated carbocycles. The summed E-state index contributed by atoms with van der Waals surface area (Å²) >= 11 is 8.71. The van der Waals surface area contributed by atoms with Crippen LogP contribution >= 0.6 is 43.6 Å². The van der Waals surface area contributed by atoms with Gasteiger partial charge in [-0.25, -0.2) is 9.38 Å². The highest BCUT2D eigenvalue weighted by Gasteiger charge is 2.39. The van der Waals surface area contributed by atoms with Gasteiger partial charge in [0.15, 0.2) is 16.7 Å². The maximum Gasteiger partial charge on any atom is 0.267 e. The highest BCUT2D eigenvalue weighted by molar-refractivity contribution is 9.13. The van der Waals surface area contributed by atoms with Crippen molar-refractivity contribution in [1.29, 1.82) is 0 Å². The summed E-state index contributed by atoms with van der Waals surface area (Å²) in [5.74, 6) is 0.699. The van der Waals surface area contributed by atoms with Crippen LogP contribution in [0.1, 0.15) is 43.2 Å². The Kier molecular flexibility index (Phi) is 9.10.